The SMILES string of the molecule is CC(C)Oc1ccc(C(=O)c2ccccc2)cc1F. The highest BCUT2D eigenvalue weighted by Crippen LogP contribution is 2.21. The Labute approximate surface area is 111 Å². The van der Waals surface area contributed by atoms with Crippen molar-refractivity contribution < 1.29 is 13.9 Å². The van der Waals surface area contributed by atoms with Gasteiger partial charge in [0, 0.05) is 11.1 Å². The molecule has 0 heterocycles. The Morgan fingerprint density at radius 1 is 1.05 bits per heavy atom. The molecule has 0 fully saturated rings. The third-order valence-electron chi connectivity index (χ3n) is 2.59. The van der Waals surface area contributed by atoms with Crippen molar-refractivity contribution in [3.63, 3.8) is 0 Å². The van der Waals surface area contributed by atoms with Gasteiger partial charge in [0.05, 0.1) is 6.10 Å². The van der Waals surface area contributed by atoms with Crippen LogP contribution in [0.4, 0.5) is 4.39 Å². The molecule has 0 atom stereocenters. The minimum absolute atomic E-state index is 0.106. The number of hydrogen-bond donors (Lipinski definition) is 0. The molecule has 0 spiro atoms. The zero-order valence-electron chi connectivity index (χ0n) is 10.9. The predicted molar refractivity (Wildman–Crippen MR) is 72.0 cm³/mol. The van der Waals surface area contributed by atoms with E-state index in [0.717, 1.165) is 0 Å². The molecule has 0 aliphatic carbocycles. The summed E-state index contributed by atoms with van der Waals surface area (Å²) >= 11 is 0. The van der Waals surface area contributed by atoms with Gasteiger partial charge in [-0.05, 0) is 32.0 Å². The second-order valence-corrected chi connectivity index (χ2v) is 4.51. The lowest BCUT2D eigenvalue weighted by molar-refractivity contribution is 0.103. The normalized spacial score (nSPS) is 10.5. The van der Waals surface area contributed by atoms with Crippen LogP contribution in [0.1, 0.15) is 29.8 Å². The Morgan fingerprint density at radius 3 is 2.32 bits per heavy atom. The van der Waals surface area contributed by atoms with Gasteiger partial charge in [-0.2, -0.15) is 0 Å². The summed E-state index contributed by atoms with van der Waals surface area (Å²) < 4.78 is 19.1. The summed E-state index contributed by atoms with van der Waals surface area (Å²) in [6, 6.07) is 13.1. The molecule has 0 saturated heterocycles. The molecule has 2 rings (SSSR count). The number of benzene rings is 2. The standard InChI is InChI=1S/C16H15FO2/c1-11(2)19-15-9-8-13(10-14(15)17)16(18)12-6-4-3-5-7-12/h3-11H,1-2H3. The maximum atomic E-state index is 13.8. The zero-order valence-corrected chi connectivity index (χ0v) is 10.9. The summed E-state index contributed by atoms with van der Waals surface area (Å²) in [7, 11) is 0. The summed E-state index contributed by atoms with van der Waals surface area (Å²) in [5.41, 5.74) is 0.860. The fourth-order valence-electron chi connectivity index (χ4n) is 1.75. The van der Waals surface area contributed by atoms with E-state index in [1.807, 2.05) is 19.9 Å². The van der Waals surface area contributed by atoms with Crippen molar-refractivity contribution >= 4 is 5.78 Å². The summed E-state index contributed by atoms with van der Waals surface area (Å²) in [5.74, 6) is -0.550. The second kappa shape index (κ2) is 5.65. The van der Waals surface area contributed by atoms with Gasteiger partial charge >= 0.3 is 0 Å². The molecule has 0 unspecified atom stereocenters. The van der Waals surface area contributed by atoms with Crippen molar-refractivity contribution in [2.24, 2.45) is 0 Å². The third kappa shape index (κ3) is 3.19. The first kappa shape index (κ1) is 13.3. The smallest absolute Gasteiger partial charge is 0.193 e. The van der Waals surface area contributed by atoms with Crippen LogP contribution in [0.3, 0.4) is 0 Å². The summed E-state index contributed by atoms with van der Waals surface area (Å²) in [6.45, 7) is 3.64. The fraction of sp³-hybridized carbons (Fsp3) is 0.188. The summed E-state index contributed by atoms with van der Waals surface area (Å²) in [5, 5.41) is 0. The van der Waals surface area contributed by atoms with Crippen LogP contribution in [-0.4, -0.2) is 11.9 Å². The Hall–Kier alpha value is -2.16. The van der Waals surface area contributed by atoms with Crippen molar-refractivity contribution in [3.8, 4) is 5.75 Å². The molecule has 2 aromatic rings. The number of ketones is 1. The molecule has 0 aliphatic rings. The average Bonchev–Trinajstić information content (AvgIpc) is 2.41. The lowest BCUT2D eigenvalue weighted by Gasteiger charge is -2.11. The van der Waals surface area contributed by atoms with Crippen LogP contribution in [-0.2, 0) is 0 Å². The highest BCUT2D eigenvalue weighted by Gasteiger charge is 2.12. The van der Waals surface area contributed by atoms with E-state index in [2.05, 4.69) is 0 Å². The molecule has 0 bridgehead atoms. The molecule has 0 aliphatic heterocycles. The predicted octanol–water partition coefficient (Wildman–Crippen LogP) is 3.84. The first-order chi connectivity index (χ1) is 9.08. The van der Waals surface area contributed by atoms with Crippen LogP contribution in [0.2, 0.25) is 0 Å². The molecule has 0 saturated carbocycles. The lowest BCUT2D eigenvalue weighted by atomic mass is 10.0. The van der Waals surface area contributed by atoms with Crippen LogP contribution >= 0.6 is 0 Å². The number of carbonyl (C=O) groups excluding carboxylic acids is 1. The molecular formula is C16H15FO2. The molecular weight excluding hydrogens is 243 g/mol. The topological polar surface area (TPSA) is 26.3 Å². The van der Waals surface area contributed by atoms with E-state index >= 15 is 0 Å². The second-order valence-electron chi connectivity index (χ2n) is 4.51. The Kier molecular flexibility index (Phi) is 3.95. The Balaban J connectivity index is 2.27. The molecule has 0 N–H and O–H groups in total. The third-order valence-corrected chi connectivity index (χ3v) is 2.59. The zero-order chi connectivity index (χ0) is 13.8. The van der Waals surface area contributed by atoms with Crippen molar-refractivity contribution in [1.82, 2.24) is 0 Å². The Morgan fingerprint density at radius 2 is 1.74 bits per heavy atom. The van der Waals surface area contributed by atoms with Gasteiger partial charge in [-0.1, -0.05) is 30.3 Å². The first-order valence-electron chi connectivity index (χ1n) is 6.14. The molecule has 0 aromatic heterocycles. The van der Waals surface area contributed by atoms with Gasteiger partial charge in [0.25, 0.3) is 0 Å². The molecule has 0 radical (unpaired) electrons. The van der Waals surface area contributed by atoms with E-state index in [1.54, 1.807) is 30.3 Å². The van der Waals surface area contributed by atoms with Gasteiger partial charge in [0.2, 0.25) is 0 Å². The van der Waals surface area contributed by atoms with E-state index in [1.165, 1.54) is 12.1 Å². The van der Waals surface area contributed by atoms with Crippen LogP contribution in [0, 0.1) is 5.82 Å². The van der Waals surface area contributed by atoms with Gasteiger partial charge < -0.3 is 4.74 Å². The van der Waals surface area contributed by atoms with Crippen LogP contribution in [0.5, 0.6) is 5.75 Å². The lowest BCUT2D eigenvalue weighted by Crippen LogP contribution is -2.08. The van der Waals surface area contributed by atoms with E-state index in [0.29, 0.717) is 11.1 Å². The minimum atomic E-state index is -0.518. The molecule has 2 nitrogen and oxygen atoms in total. The van der Waals surface area contributed by atoms with Gasteiger partial charge in [0.1, 0.15) is 0 Å². The van der Waals surface area contributed by atoms with Gasteiger partial charge in [-0.25, -0.2) is 4.39 Å². The summed E-state index contributed by atoms with van der Waals surface area (Å²) in [6.07, 6.45) is -0.106. The van der Waals surface area contributed by atoms with Crippen molar-refractivity contribution in [3.05, 3.63) is 65.5 Å². The number of carbonyl (C=O) groups is 1. The van der Waals surface area contributed by atoms with Crippen LogP contribution in [0.15, 0.2) is 48.5 Å². The Bertz CT molecular complexity index is 577. The van der Waals surface area contributed by atoms with E-state index < -0.39 is 5.82 Å². The fourth-order valence-corrected chi connectivity index (χ4v) is 1.75. The number of rotatable bonds is 4. The maximum Gasteiger partial charge on any atom is 0.193 e. The van der Waals surface area contributed by atoms with Gasteiger partial charge in [0.15, 0.2) is 17.3 Å². The quantitative estimate of drug-likeness (QED) is 0.779. The van der Waals surface area contributed by atoms with E-state index in [9.17, 15) is 9.18 Å². The highest BCUT2D eigenvalue weighted by molar-refractivity contribution is 6.09. The number of halogens is 1. The van der Waals surface area contributed by atoms with Crippen molar-refractivity contribution in [1.29, 1.82) is 0 Å². The first-order valence-corrected chi connectivity index (χ1v) is 6.14. The van der Waals surface area contributed by atoms with E-state index in [4.69, 9.17) is 4.74 Å². The molecule has 0 amide bonds. The average molecular weight is 258 g/mol. The number of hydrogen-bond acceptors (Lipinski definition) is 2. The van der Waals surface area contributed by atoms with Crippen molar-refractivity contribution in [2.45, 2.75) is 20.0 Å². The van der Waals surface area contributed by atoms with Gasteiger partial charge in [-0.3, -0.25) is 4.79 Å². The van der Waals surface area contributed by atoms with E-state index in [-0.39, 0.29) is 17.6 Å². The molecule has 19 heavy (non-hydrogen) atoms. The van der Waals surface area contributed by atoms with Crippen LogP contribution in [0.25, 0.3) is 0 Å². The highest BCUT2D eigenvalue weighted by atomic mass is 19.1. The monoisotopic (exact) mass is 258 g/mol. The molecule has 2 aromatic carbocycles. The molecule has 98 valence electrons. The number of ether oxygens (including phenoxy) is 1. The summed E-state index contributed by atoms with van der Waals surface area (Å²) in [4.78, 5) is 12.1. The minimum Gasteiger partial charge on any atom is -0.488 e. The van der Waals surface area contributed by atoms with Gasteiger partial charge in [-0.15, -0.1) is 0 Å². The van der Waals surface area contributed by atoms with Crippen molar-refractivity contribution in [2.75, 3.05) is 0 Å². The largest absolute Gasteiger partial charge is 0.488 e. The van der Waals surface area contributed by atoms with Crippen LogP contribution < -0.4 is 4.74 Å². The molecule has 3 heteroatoms. The maximum absolute atomic E-state index is 13.8.